The predicted molar refractivity (Wildman–Crippen MR) is 73.3 cm³/mol. The Balaban J connectivity index is 2.33. The van der Waals surface area contributed by atoms with Crippen molar-refractivity contribution < 1.29 is 19.0 Å². The number of carboxylic acids is 1. The molecule has 104 valence electrons. The third-order valence-corrected chi connectivity index (χ3v) is 3.14. The number of benzene rings is 2. The van der Waals surface area contributed by atoms with Crippen molar-refractivity contribution in [1.82, 2.24) is 0 Å². The lowest BCUT2D eigenvalue weighted by Crippen LogP contribution is -2.19. The van der Waals surface area contributed by atoms with E-state index in [1.165, 1.54) is 18.2 Å². The molecule has 0 saturated heterocycles. The lowest BCUT2D eigenvalue weighted by Gasteiger charge is -2.16. The quantitative estimate of drug-likeness (QED) is 0.925. The Hall–Kier alpha value is -2.36. The molecule has 0 heterocycles. The molecular weight excluding hydrogens is 259 g/mol. The maximum absolute atomic E-state index is 13.7. The van der Waals surface area contributed by atoms with Gasteiger partial charge in [-0.05, 0) is 43.2 Å². The van der Waals surface area contributed by atoms with Crippen molar-refractivity contribution in [2.75, 3.05) is 0 Å². The topological polar surface area (TPSA) is 46.5 Å². The second-order valence-electron chi connectivity index (χ2n) is 4.60. The number of rotatable bonds is 4. The van der Waals surface area contributed by atoms with Crippen LogP contribution in [-0.2, 0) is 4.79 Å². The predicted octanol–water partition coefficient (Wildman–Crippen LogP) is 3.65. The number of carbonyl (C=O) groups is 1. The summed E-state index contributed by atoms with van der Waals surface area (Å²) in [7, 11) is 0. The van der Waals surface area contributed by atoms with Gasteiger partial charge in [0.25, 0.3) is 0 Å². The van der Waals surface area contributed by atoms with Crippen molar-refractivity contribution in [3.8, 4) is 5.75 Å². The highest BCUT2D eigenvalue weighted by atomic mass is 19.1. The lowest BCUT2D eigenvalue weighted by molar-refractivity contribution is -0.145. The second kappa shape index (κ2) is 5.74. The van der Waals surface area contributed by atoms with Crippen LogP contribution in [0.25, 0.3) is 0 Å². The van der Waals surface area contributed by atoms with Crippen LogP contribution < -0.4 is 4.74 Å². The summed E-state index contributed by atoms with van der Waals surface area (Å²) < 4.78 is 19.1. The van der Waals surface area contributed by atoms with Gasteiger partial charge < -0.3 is 9.84 Å². The molecule has 2 aromatic rings. The number of hydrogen-bond donors (Lipinski definition) is 1. The number of aryl methyl sites for hydroxylation is 2. The molecule has 2 rings (SSSR count). The third kappa shape index (κ3) is 2.96. The standard InChI is InChI=1S/C16H15FO3/c1-10-7-8-12(9-11(10)2)20-15(16(18)19)13-5-3-4-6-14(13)17/h3-9,15H,1-2H3,(H,18,19). The molecule has 2 aromatic carbocycles. The number of carboxylic acid groups (broad SMARTS) is 1. The zero-order valence-electron chi connectivity index (χ0n) is 11.3. The van der Waals surface area contributed by atoms with Crippen LogP contribution in [0.1, 0.15) is 22.8 Å². The van der Waals surface area contributed by atoms with Crippen LogP contribution in [0, 0.1) is 19.7 Å². The summed E-state index contributed by atoms with van der Waals surface area (Å²) in [6.07, 6.45) is -1.36. The van der Waals surface area contributed by atoms with E-state index >= 15 is 0 Å². The van der Waals surface area contributed by atoms with Crippen molar-refractivity contribution in [3.63, 3.8) is 0 Å². The molecule has 3 nitrogen and oxygen atoms in total. The minimum Gasteiger partial charge on any atom is -0.478 e. The van der Waals surface area contributed by atoms with E-state index in [2.05, 4.69) is 0 Å². The first-order valence-corrected chi connectivity index (χ1v) is 6.20. The van der Waals surface area contributed by atoms with Crippen molar-refractivity contribution in [2.24, 2.45) is 0 Å². The highest BCUT2D eigenvalue weighted by molar-refractivity contribution is 5.75. The molecule has 1 atom stereocenters. The van der Waals surface area contributed by atoms with E-state index < -0.39 is 17.9 Å². The van der Waals surface area contributed by atoms with Gasteiger partial charge in [0.1, 0.15) is 11.6 Å². The Morgan fingerprint density at radius 1 is 1.15 bits per heavy atom. The Bertz CT molecular complexity index is 637. The largest absolute Gasteiger partial charge is 0.478 e. The fraction of sp³-hybridized carbons (Fsp3) is 0.188. The summed E-state index contributed by atoms with van der Waals surface area (Å²) in [5, 5.41) is 9.24. The Morgan fingerprint density at radius 2 is 1.85 bits per heavy atom. The molecule has 1 N–H and O–H groups in total. The molecule has 0 spiro atoms. The average Bonchev–Trinajstić information content (AvgIpc) is 2.41. The minimum atomic E-state index is -1.36. The number of hydrogen-bond acceptors (Lipinski definition) is 2. The molecule has 0 aliphatic rings. The maximum Gasteiger partial charge on any atom is 0.349 e. The third-order valence-electron chi connectivity index (χ3n) is 3.14. The lowest BCUT2D eigenvalue weighted by atomic mass is 10.1. The molecule has 0 fully saturated rings. The smallest absolute Gasteiger partial charge is 0.349 e. The van der Waals surface area contributed by atoms with Gasteiger partial charge in [0, 0.05) is 5.56 Å². The van der Waals surface area contributed by atoms with E-state index in [1.807, 2.05) is 19.9 Å². The summed E-state index contributed by atoms with van der Waals surface area (Å²) in [4.78, 5) is 11.3. The van der Waals surface area contributed by atoms with E-state index in [4.69, 9.17) is 4.74 Å². The average molecular weight is 274 g/mol. The first-order chi connectivity index (χ1) is 9.49. The van der Waals surface area contributed by atoms with Crippen LogP contribution in [0.5, 0.6) is 5.75 Å². The summed E-state index contributed by atoms with van der Waals surface area (Å²) in [5.41, 5.74) is 2.08. The SMILES string of the molecule is Cc1ccc(OC(C(=O)O)c2ccccc2F)cc1C. The van der Waals surface area contributed by atoms with Gasteiger partial charge in [-0.3, -0.25) is 0 Å². The van der Waals surface area contributed by atoms with Gasteiger partial charge in [0.05, 0.1) is 0 Å². The molecule has 0 aliphatic carbocycles. The van der Waals surface area contributed by atoms with Gasteiger partial charge in [-0.25, -0.2) is 9.18 Å². The molecular formula is C16H15FO3. The molecule has 4 heteroatoms. The van der Waals surface area contributed by atoms with Crippen molar-refractivity contribution in [3.05, 3.63) is 65.0 Å². The van der Waals surface area contributed by atoms with Crippen LogP contribution in [-0.4, -0.2) is 11.1 Å². The minimum absolute atomic E-state index is 0.0122. The van der Waals surface area contributed by atoms with Crippen LogP contribution in [0.2, 0.25) is 0 Å². The molecule has 20 heavy (non-hydrogen) atoms. The van der Waals surface area contributed by atoms with Gasteiger partial charge >= 0.3 is 5.97 Å². The van der Waals surface area contributed by atoms with E-state index in [1.54, 1.807) is 18.2 Å². The van der Waals surface area contributed by atoms with Crippen LogP contribution in [0.4, 0.5) is 4.39 Å². The molecule has 0 saturated carbocycles. The van der Waals surface area contributed by atoms with Gasteiger partial charge in [-0.1, -0.05) is 24.3 Å². The normalized spacial score (nSPS) is 11.9. The Labute approximate surface area is 116 Å². The molecule has 0 aliphatic heterocycles. The van der Waals surface area contributed by atoms with E-state index in [-0.39, 0.29) is 5.56 Å². The Morgan fingerprint density at radius 3 is 2.45 bits per heavy atom. The van der Waals surface area contributed by atoms with E-state index in [9.17, 15) is 14.3 Å². The van der Waals surface area contributed by atoms with Gasteiger partial charge in [-0.2, -0.15) is 0 Å². The van der Waals surface area contributed by atoms with Crippen molar-refractivity contribution in [1.29, 1.82) is 0 Å². The zero-order chi connectivity index (χ0) is 14.7. The highest BCUT2D eigenvalue weighted by Crippen LogP contribution is 2.25. The highest BCUT2D eigenvalue weighted by Gasteiger charge is 2.25. The fourth-order valence-corrected chi connectivity index (χ4v) is 1.86. The van der Waals surface area contributed by atoms with Crippen LogP contribution in [0.3, 0.4) is 0 Å². The summed E-state index contributed by atoms with van der Waals surface area (Å²) >= 11 is 0. The van der Waals surface area contributed by atoms with Crippen molar-refractivity contribution >= 4 is 5.97 Å². The molecule has 0 aromatic heterocycles. The van der Waals surface area contributed by atoms with E-state index in [0.29, 0.717) is 5.75 Å². The van der Waals surface area contributed by atoms with Crippen molar-refractivity contribution in [2.45, 2.75) is 20.0 Å². The summed E-state index contributed by atoms with van der Waals surface area (Å²) in [6, 6.07) is 11.0. The number of ether oxygens (including phenoxy) is 1. The maximum atomic E-state index is 13.7. The van der Waals surface area contributed by atoms with Gasteiger partial charge in [0.15, 0.2) is 0 Å². The molecule has 0 bridgehead atoms. The summed E-state index contributed by atoms with van der Waals surface area (Å²) in [6.45, 7) is 3.85. The van der Waals surface area contributed by atoms with Gasteiger partial charge in [0.2, 0.25) is 6.10 Å². The fourth-order valence-electron chi connectivity index (χ4n) is 1.86. The first kappa shape index (κ1) is 14.1. The van der Waals surface area contributed by atoms with Gasteiger partial charge in [-0.15, -0.1) is 0 Å². The first-order valence-electron chi connectivity index (χ1n) is 6.20. The zero-order valence-corrected chi connectivity index (χ0v) is 11.3. The number of aliphatic carboxylic acids is 1. The van der Waals surface area contributed by atoms with Crippen LogP contribution in [0.15, 0.2) is 42.5 Å². The molecule has 0 radical (unpaired) electrons. The number of halogens is 1. The van der Waals surface area contributed by atoms with Crippen LogP contribution >= 0.6 is 0 Å². The van der Waals surface area contributed by atoms with E-state index in [0.717, 1.165) is 11.1 Å². The molecule has 0 amide bonds. The second-order valence-corrected chi connectivity index (χ2v) is 4.60. The molecule has 1 unspecified atom stereocenters. The monoisotopic (exact) mass is 274 g/mol. The Kier molecular flexibility index (Phi) is 4.03. The summed E-state index contributed by atoms with van der Waals surface area (Å²) in [5.74, 6) is -1.42.